The van der Waals surface area contributed by atoms with Crippen molar-refractivity contribution >= 4 is 35.1 Å². The number of hydrogen-bond acceptors (Lipinski definition) is 5. The lowest BCUT2D eigenvalue weighted by Crippen LogP contribution is -2.23. The van der Waals surface area contributed by atoms with Gasteiger partial charge in [-0.1, -0.05) is 17.8 Å². The number of fused-ring (bicyclic) bond motifs is 1. The summed E-state index contributed by atoms with van der Waals surface area (Å²) in [6, 6.07) is 5.94. The fraction of sp³-hybridized carbons (Fsp3) is 0.353. The Morgan fingerprint density at radius 2 is 2.04 bits per heavy atom. The largest absolute Gasteiger partial charge is 0.325 e. The number of benzene rings is 1. The van der Waals surface area contributed by atoms with Crippen molar-refractivity contribution in [3.8, 4) is 0 Å². The number of aryl methyl sites for hydroxylation is 3. The van der Waals surface area contributed by atoms with E-state index >= 15 is 0 Å². The number of aromatic nitrogens is 2. The molecule has 0 bridgehead atoms. The van der Waals surface area contributed by atoms with Gasteiger partial charge >= 0.3 is 0 Å². The molecule has 1 aromatic carbocycles. The highest BCUT2D eigenvalue weighted by Crippen LogP contribution is 2.28. The lowest BCUT2D eigenvalue weighted by molar-refractivity contribution is -0.113. The van der Waals surface area contributed by atoms with E-state index in [1.807, 2.05) is 26.0 Å². The highest BCUT2D eigenvalue weighted by atomic mass is 32.2. The molecule has 5 nitrogen and oxygen atoms in total. The van der Waals surface area contributed by atoms with Crippen LogP contribution in [0.2, 0.25) is 0 Å². The molecular formula is C17H19N3O2S2. The third-order valence-electron chi connectivity index (χ3n) is 3.70. The molecule has 0 spiro atoms. The predicted molar refractivity (Wildman–Crippen MR) is 99.2 cm³/mol. The number of carbonyl (C=O) groups excluding carboxylic acids is 1. The second-order valence-electron chi connectivity index (χ2n) is 5.85. The lowest BCUT2D eigenvalue weighted by Gasteiger charge is -2.10. The van der Waals surface area contributed by atoms with Crippen LogP contribution in [0.15, 0.2) is 33.0 Å². The maximum atomic E-state index is 12.3. The van der Waals surface area contributed by atoms with Gasteiger partial charge < -0.3 is 5.32 Å². The highest BCUT2D eigenvalue weighted by molar-refractivity contribution is 8.00. The number of carbonyl (C=O) groups is 1. The molecule has 126 valence electrons. The standard InChI is InChI=1S/C17H19N3O2S2/c1-10-6-11(2)8-12(7-10)18-14(21)9-24-17-19-13-4-5-23-15(13)16(22)20(17)3/h6-8H,4-5,9H2,1-3H3,(H,18,21). The fourth-order valence-corrected chi connectivity index (χ4v) is 4.53. The van der Waals surface area contributed by atoms with E-state index < -0.39 is 0 Å². The SMILES string of the molecule is Cc1cc(C)cc(NC(=O)CSc2nc3c(c(=O)n2C)SCC3)c1. The molecule has 1 amide bonds. The Hall–Kier alpha value is -1.73. The number of amides is 1. The van der Waals surface area contributed by atoms with Gasteiger partial charge in [-0.25, -0.2) is 4.98 Å². The van der Waals surface area contributed by atoms with Crippen LogP contribution in [0, 0.1) is 13.8 Å². The van der Waals surface area contributed by atoms with Gasteiger partial charge in [0.15, 0.2) is 5.16 Å². The first-order chi connectivity index (χ1) is 11.4. The number of hydrogen-bond donors (Lipinski definition) is 1. The smallest absolute Gasteiger partial charge is 0.267 e. The van der Waals surface area contributed by atoms with Crippen LogP contribution in [0.4, 0.5) is 5.69 Å². The first-order valence-electron chi connectivity index (χ1n) is 7.67. The van der Waals surface area contributed by atoms with Crippen LogP contribution in [0.3, 0.4) is 0 Å². The molecular weight excluding hydrogens is 342 g/mol. The van der Waals surface area contributed by atoms with Gasteiger partial charge in [-0.05, 0) is 37.1 Å². The molecule has 7 heteroatoms. The Bertz CT molecular complexity index is 841. The maximum Gasteiger partial charge on any atom is 0.267 e. The van der Waals surface area contributed by atoms with Crippen LogP contribution >= 0.6 is 23.5 Å². The molecule has 0 unspecified atom stereocenters. The molecule has 2 aromatic rings. The lowest BCUT2D eigenvalue weighted by atomic mass is 10.1. The second-order valence-corrected chi connectivity index (χ2v) is 7.89. The first-order valence-corrected chi connectivity index (χ1v) is 9.65. The summed E-state index contributed by atoms with van der Waals surface area (Å²) < 4.78 is 1.53. The number of rotatable bonds is 4. The third-order valence-corrected chi connectivity index (χ3v) is 5.84. The Balaban J connectivity index is 1.69. The summed E-state index contributed by atoms with van der Waals surface area (Å²) in [5, 5.41) is 3.50. The zero-order valence-electron chi connectivity index (χ0n) is 13.9. The molecule has 24 heavy (non-hydrogen) atoms. The number of nitrogens with one attached hydrogen (secondary N) is 1. The second kappa shape index (κ2) is 7.03. The van der Waals surface area contributed by atoms with E-state index in [2.05, 4.69) is 16.4 Å². The van der Waals surface area contributed by atoms with Crippen molar-refractivity contribution in [2.45, 2.75) is 30.3 Å². The molecule has 0 aliphatic carbocycles. The average molecular weight is 361 g/mol. The van der Waals surface area contributed by atoms with Crippen LogP contribution in [0.1, 0.15) is 16.8 Å². The van der Waals surface area contributed by atoms with Gasteiger partial charge in [-0.2, -0.15) is 0 Å². The summed E-state index contributed by atoms with van der Waals surface area (Å²) >= 11 is 2.86. The van der Waals surface area contributed by atoms with E-state index in [0.29, 0.717) is 5.16 Å². The predicted octanol–water partition coefficient (Wildman–Crippen LogP) is 2.78. The molecule has 1 aliphatic rings. The average Bonchev–Trinajstić information content (AvgIpc) is 2.97. The summed E-state index contributed by atoms with van der Waals surface area (Å²) in [7, 11) is 1.71. The van der Waals surface area contributed by atoms with E-state index in [-0.39, 0.29) is 17.2 Å². The van der Waals surface area contributed by atoms with E-state index in [1.165, 1.54) is 16.3 Å². The van der Waals surface area contributed by atoms with Gasteiger partial charge in [0.25, 0.3) is 5.56 Å². The van der Waals surface area contributed by atoms with Gasteiger partial charge in [0.1, 0.15) is 0 Å². The number of anilines is 1. The van der Waals surface area contributed by atoms with E-state index in [0.717, 1.165) is 39.6 Å². The van der Waals surface area contributed by atoms with Crippen molar-refractivity contribution in [3.05, 3.63) is 45.4 Å². The van der Waals surface area contributed by atoms with Crippen molar-refractivity contribution in [1.82, 2.24) is 9.55 Å². The topological polar surface area (TPSA) is 64.0 Å². The summed E-state index contributed by atoms with van der Waals surface area (Å²) in [5.74, 6) is 1.02. The molecule has 0 atom stereocenters. The number of nitrogens with zero attached hydrogens (tertiary/aromatic N) is 2. The van der Waals surface area contributed by atoms with Crippen molar-refractivity contribution in [2.24, 2.45) is 7.05 Å². The van der Waals surface area contributed by atoms with Gasteiger partial charge in [-0.3, -0.25) is 14.2 Å². The van der Waals surface area contributed by atoms with Gasteiger partial charge in [0.05, 0.1) is 16.3 Å². The third kappa shape index (κ3) is 3.67. The summed E-state index contributed by atoms with van der Waals surface area (Å²) in [6.07, 6.45) is 0.818. The molecule has 0 fully saturated rings. The Morgan fingerprint density at radius 1 is 1.33 bits per heavy atom. The summed E-state index contributed by atoms with van der Waals surface area (Å²) in [5.41, 5.74) is 3.86. The Labute approximate surface area is 149 Å². The molecule has 0 radical (unpaired) electrons. The van der Waals surface area contributed by atoms with Crippen molar-refractivity contribution in [1.29, 1.82) is 0 Å². The van der Waals surface area contributed by atoms with Crippen LogP contribution in [-0.4, -0.2) is 27.0 Å². The monoisotopic (exact) mass is 361 g/mol. The molecule has 1 aromatic heterocycles. The Kier molecular flexibility index (Phi) is 5.01. The first kappa shape index (κ1) is 17.1. The van der Waals surface area contributed by atoms with E-state index in [1.54, 1.807) is 18.8 Å². The van der Waals surface area contributed by atoms with E-state index in [9.17, 15) is 9.59 Å². The quantitative estimate of drug-likeness (QED) is 0.670. The zero-order chi connectivity index (χ0) is 17.3. The molecule has 0 saturated carbocycles. The zero-order valence-corrected chi connectivity index (χ0v) is 15.5. The molecule has 0 saturated heterocycles. The molecule has 2 heterocycles. The highest BCUT2D eigenvalue weighted by Gasteiger charge is 2.20. The van der Waals surface area contributed by atoms with Crippen molar-refractivity contribution < 1.29 is 4.79 Å². The molecule has 1 N–H and O–H groups in total. The van der Waals surface area contributed by atoms with Crippen molar-refractivity contribution in [2.75, 3.05) is 16.8 Å². The normalized spacial score (nSPS) is 13.0. The summed E-state index contributed by atoms with van der Waals surface area (Å²) in [6.45, 7) is 4.00. The van der Waals surface area contributed by atoms with Crippen LogP contribution in [-0.2, 0) is 18.3 Å². The van der Waals surface area contributed by atoms with Crippen molar-refractivity contribution in [3.63, 3.8) is 0 Å². The number of thioether (sulfide) groups is 2. The van der Waals surface area contributed by atoms with Crippen LogP contribution in [0.5, 0.6) is 0 Å². The van der Waals surface area contributed by atoms with Crippen LogP contribution in [0.25, 0.3) is 0 Å². The van der Waals surface area contributed by atoms with Gasteiger partial charge in [0, 0.05) is 24.9 Å². The molecule has 1 aliphatic heterocycles. The minimum atomic E-state index is -0.103. The molecule has 3 rings (SSSR count). The van der Waals surface area contributed by atoms with E-state index in [4.69, 9.17) is 0 Å². The fourth-order valence-electron chi connectivity index (χ4n) is 2.67. The van der Waals surface area contributed by atoms with Crippen LogP contribution < -0.4 is 10.9 Å². The van der Waals surface area contributed by atoms with Gasteiger partial charge in [0.2, 0.25) is 5.91 Å². The minimum absolute atomic E-state index is 0.0142. The van der Waals surface area contributed by atoms with Gasteiger partial charge in [-0.15, -0.1) is 11.8 Å². The summed E-state index contributed by atoms with van der Waals surface area (Å²) in [4.78, 5) is 29.8. The Morgan fingerprint density at radius 3 is 2.75 bits per heavy atom. The maximum absolute atomic E-state index is 12.3. The minimum Gasteiger partial charge on any atom is -0.325 e.